The van der Waals surface area contributed by atoms with Crippen LogP contribution in [0.4, 0.5) is 0 Å². The van der Waals surface area contributed by atoms with E-state index in [1.807, 2.05) is 0 Å². The molecule has 0 aliphatic carbocycles. The van der Waals surface area contributed by atoms with Crippen molar-refractivity contribution in [3.8, 4) is 0 Å². The Bertz CT molecular complexity index is 153. The maximum atomic E-state index is 8.88. The fourth-order valence-corrected chi connectivity index (χ4v) is 0. The standard InChI is InChI=1S/Ce.2H3O4P.3Sr.6H/c;2*1-5(2,3)4;;;;;;;;;/h;2*(H3,1,2,3,4);;;;;;;;;/q;;;3*+2;6*-1. The van der Waals surface area contributed by atoms with Gasteiger partial charge in [-0.05, 0) is 0 Å². The third-order valence-electron chi connectivity index (χ3n) is 0. The molecule has 80 valence electrons. The maximum absolute atomic E-state index is 8.88. The summed E-state index contributed by atoms with van der Waals surface area (Å²) in [5.74, 6) is 0. The van der Waals surface area contributed by atoms with E-state index >= 15 is 0 Å². The van der Waals surface area contributed by atoms with Crippen molar-refractivity contribution in [1.82, 2.24) is 0 Å². The van der Waals surface area contributed by atoms with E-state index in [-0.39, 0.29) is 187 Å². The second-order valence-electron chi connectivity index (χ2n) is 1.03. The van der Waals surface area contributed by atoms with Crippen molar-refractivity contribution >= 4 is 152 Å². The van der Waals surface area contributed by atoms with Crippen LogP contribution in [0.2, 0.25) is 0 Å². The van der Waals surface area contributed by atoms with Crippen molar-refractivity contribution in [3.05, 3.63) is 0 Å². The predicted octanol–water partition coefficient (Wildman–Crippen LogP) is -2.32. The Kier molecular flexibility index (Phi) is 50.1. The van der Waals surface area contributed by atoms with Crippen LogP contribution in [0, 0.1) is 41.7 Å². The first-order chi connectivity index (χ1) is 4.00. The third-order valence-corrected chi connectivity index (χ3v) is 0. The number of hydrogen-bond acceptors (Lipinski definition) is 2. The van der Waals surface area contributed by atoms with E-state index in [2.05, 4.69) is 0 Å². The Morgan fingerprint density at radius 3 is 0.643 bits per heavy atom. The molecule has 0 aliphatic rings. The van der Waals surface area contributed by atoms with Crippen LogP contribution in [0.1, 0.15) is 8.56 Å². The van der Waals surface area contributed by atoms with Gasteiger partial charge in [0, 0.05) is 41.7 Å². The Labute approximate surface area is 234 Å². The summed E-state index contributed by atoms with van der Waals surface area (Å²) < 4.78 is 17.8. The monoisotopic (exact) mass is 606 g/mol. The maximum Gasteiger partial charge on any atom is 2.00 e. The molecule has 14 heavy (non-hydrogen) atoms. The van der Waals surface area contributed by atoms with Gasteiger partial charge >= 0.3 is 152 Å². The molecule has 0 unspecified atom stereocenters. The summed E-state index contributed by atoms with van der Waals surface area (Å²) in [6, 6.07) is 0. The molecule has 0 fully saturated rings. The first kappa shape index (κ1) is 36.9. The molecule has 0 spiro atoms. The van der Waals surface area contributed by atoms with Crippen molar-refractivity contribution < 1.29 is 88.8 Å². The SMILES string of the molecule is O=P(O)(O)O.O=P(O)(O)O.[Ce].[H-].[H-].[H-].[H-].[H-].[H-].[Sr+2].[Sr+2].[Sr+2]. The molecular formula is H12CeO8P2Sr3. The van der Waals surface area contributed by atoms with Crippen molar-refractivity contribution in [2.75, 3.05) is 0 Å². The zero-order valence-corrected chi connectivity index (χ0v) is 22.4. The van der Waals surface area contributed by atoms with E-state index < -0.39 is 15.6 Å². The van der Waals surface area contributed by atoms with Crippen molar-refractivity contribution in [2.45, 2.75) is 0 Å². The minimum Gasteiger partial charge on any atom is -1.00 e. The fourth-order valence-electron chi connectivity index (χ4n) is 0. The van der Waals surface area contributed by atoms with E-state index in [1.54, 1.807) is 0 Å². The van der Waals surface area contributed by atoms with Crippen LogP contribution in [0.25, 0.3) is 0 Å². The molecule has 0 amide bonds. The topological polar surface area (TPSA) is 156 Å². The van der Waals surface area contributed by atoms with Gasteiger partial charge in [-0.3, -0.25) is 0 Å². The van der Waals surface area contributed by atoms with Gasteiger partial charge in [-0.15, -0.1) is 0 Å². The normalized spacial score (nSPS) is 8.43. The van der Waals surface area contributed by atoms with Crippen molar-refractivity contribution in [2.24, 2.45) is 0 Å². The van der Waals surface area contributed by atoms with Gasteiger partial charge in [0.2, 0.25) is 0 Å². The molecule has 0 aromatic rings. The van der Waals surface area contributed by atoms with Crippen LogP contribution in [0.3, 0.4) is 0 Å². The minimum absolute atomic E-state index is 0. The summed E-state index contributed by atoms with van der Waals surface area (Å²) in [4.78, 5) is 43.1. The molecule has 0 bridgehead atoms. The predicted molar refractivity (Wildman–Crippen MR) is 52.5 cm³/mol. The van der Waals surface area contributed by atoms with Gasteiger partial charge in [0.15, 0.2) is 0 Å². The van der Waals surface area contributed by atoms with E-state index in [9.17, 15) is 0 Å². The van der Waals surface area contributed by atoms with Crippen LogP contribution >= 0.6 is 15.6 Å². The molecule has 0 rings (SSSR count). The van der Waals surface area contributed by atoms with Gasteiger partial charge in [0.05, 0.1) is 0 Å². The molecule has 0 saturated carbocycles. The average Bonchev–Trinajstić information content (AvgIpc) is 1.12. The second kappa shape index (κ2) is 19.0. The molecular weight excluding hydrogens is 593 g/mol. The zero-order chi connectivity index (χ0) is 9.00. The van der Waals surface area contributed by atoms with E-state index in [0.29, 0.717) is 0 Å². The number of hydrogen-bond donors (Lipinski definition) is 6. The zero-order valence-electron chi connectivity index (χ0n) is 13.0. The number of rotatable bonds is 0. The van der Waals surface area contributed by atoms with E-state index in [4.69, 9.17) is 38.5 Å². The molecule has 6 N–H and O–H groups in total. The third kappa shape index (κ3) is 144. The molecule has 0 atom stereocenters. The van der Waals surface area contributed by atoms with Crippen LogP contribution in [-0.2, 0) is 9.13 Å². The summed E-state index contributed by atoms with van der Waals surface area (Å²) in [6.07, 6.45) is 0. The van der Waals surface area contributed by atoms with Crippen LogP contribution < -0.4 is 0 Å². The first-order valence-electron chi connectivity index (χ1n) is 1.57. The first-order valence-corrected chi connectivity index (χ1v) is 4.70. The van der Waals surface area contributed by atoms with Gasteiger partial charge in [-0.25, -0.2) is 9.13 Å². The molecule has 0 aromatic heterocycles. The van der Waals surface area contributed by atoms with Crippen LogP contribution in [-0.4, -0.2) is 166 Å². The molecule has 8 nitrogen and oxygen atoms in total. The van der Waals surface area contributed by atoms with Gasteiger partial charge in [0.25, 0.3) is 0 Å². The summed E-state index contributed by atoms with van der Waals surface area (Å²) >= 11 is 0. The van der Waals surface area contributed by atoms with Crippen molar-refractivity contribution in [1.29, 1.82) is 0 Å². The molecule has 14 heteroatoms. The van der Waals surface area contributed by atoms with E-state index in [1.165, 1.54) is 0 Å². The van der Waals surface area contributed by atoms with Gasteiger partial charge in [-0.1, -0.05) is 0 Å². The van der Waals surface area contributed by atoms with Crippen LogP contribution in [0.5, 0.6) is 0 Å². The van der Waals surface area contributed by atoms with Crippen molar-refractivity contribution in [3.63, 3.8) is 0 Å². The summed E-state index contributed by atoms with van der Waals surface area (Å²) in [6.45, 7) is 0. The Morgan fingerprint density at radius 1 is 0.643 bits per heavy atom. The molecule has 0 heterocycles. The molecule has 0 aromatic carbocycles. The molecule has 0 saturated heterocycles. The van der Waals surface area contributed by atoms with E-state index in [0.717, 1.165) is 0 Å². The smallest absolute Gasteiger partial charge is 1.00 e. The summed E-state index contributed by atoms with van der Waals surface area (Å²) in [5, 5.41) is 0. The largest absolute Gasteiger partial charge is 2.00 e. The van der Waals surface area contributed by atoms with Gasteiger partial charge in [-0.2, -0.15) is 0 Å². The summed E-state index contributed by atoms with van der Waals surface area (Å²) in [5.41, 5.74) is 0. The van der Waals surface area contributed by atoms with Gasteiger partial charge in [0.1, 0.15) is 0 Å². The Morgan fingerprint density at radius 2 is 0.643 bits per heavy atom. The quantitative estimate of drug-likeness (QED) is 0.133. The molecule has 0 aliphatic heterocycles. The fraction of sp³-hybridized carbons (Fsp3) is 0. The minimum atomic E-state index is -4.64. The average molecular weight is 605 g/mol. The Hall–Kier alpha value is 6.04. The second-order valence-corrected chi connectivity index (χ2v) is 3.08. The number of phosphoric acid groups is 2. The molecule has 0 radical (unpaired) electrons. The van der Waals surface area contributed by atoms with Gasteiger partial charge < -0.3 is 37.9 Å². The Balaban J connectivity index is -0.00000000427. The summed E-state index contributed by atoms with van der Waals surface area (Å²) in [7, 11) is -9.28. The van der Waals surface area contributed by atoms with Crippen LogP contribution in [0.15, 0.2) is 0 Å².